The lowest BCUT2D eigenvalue weighted by Crippen LogP contribution is -2.35. The lowest BCUT2D eigenvalue weighted by Gasteiger charge is -2.27. The van der Waals surface area contributed by atoms with E-state index in [0.29, 0.717) is 12.5 Å². The minimum Gasteiger partial charge on any atom is -0.310 e. The van der Waals surface area contributed by atoms with Gasteiger partial charge in [-0.1, -0.05) is 24.3 Å². The molecule has 0 unspecified atom stereocenters. The molecule has 1 saturated carbocycles. The maximum Gasteiger partial charge on any atom is 0.255 e. The molecule has 0 bridgehead atoms. The van der Waals surface area contributed by atoms with Crippen LogP contribution in [0.1, 0.15) is 41.4 Å². The van der Waals surface area contributed by atoms with Gasteiger partial charge in [-0.2, -0.15) is 5.10 Å². The maximum absolute atomic E-state index is 12.7. The molecule has 4 aromatic rings. The fraction of sp³-hybridized carbons (Fsp3) is 0.292. The minimum atomic E-state index is 0.0371. The number of rotatable bonds is 5. The summed E-state index contributed by atoms with van der Waals surface area (Å²) >= 11 is 1.70. The Morgan fingerprint density at radius 2 is 2.00 bits per heavy atom. The number of aromatic amines is 1. The molecule has 156 valence electrons. The van der Waals surface area contributed by atoms with Crippen LogP contribution in [-0.2, 0) is 19.5 Å². The van der Waals surface area contributed by atoms with Crippen LogP contribution in [0.25, 0.3) is 16.3 Å². The number of fused-ring (bicyclic) bond motifs is 1. The zero-order valence-electron chi connectivity index (χ0n) is 17.1. The number of benzene rings is 1. The first-order valence-corrected chi connectivity index (χ1v) is 11.6. The number of H-pyrrole nitrogens is 1. The first kappa shape index (κ1) is 18.7. The highest BCUT2D eigenvalue weighted by atomic mass is 32.1. The molecule has 1 fully saturated rings. The van der Waals surface area contributed by atoms with Gasteiger partial charge in [-0.25, -0.2) is 9.67 Å². The summed E-state index contributed by atoms with van der Waals surface area (Å²) in [4.78, 5) is 24.0. The fourth-order valence-corrected chi connectivity index (χ4v) is 5.03. The molecule has 0 saturated heterocycles. The van der Waals surface area contributed by atoms with Gasteiger partial charge >= 0.3 is 0 Å². The molecule has 0 atom stereocenters. The van der Waals surface area contributed by atoms with E-state index in [1.165, 1.54) is 5.56 Å². The number of hydrogen-bond donors (Lipinski definition) is 1. The van der Waals surface area contributed by atoms with Crippen LogP contribution in [0.15, 0.2) is 58.8 Å². The second-order valence-electron chi connectivity index (χ2n) is 8.37. The molecule has 1 N–H and O–H groups in total. The third-order valence-corrected chi connectivity index (χ3v) is 6.97. The summed E-state index contributed by atoms with van der Waals surface area (Å²) < 4.78 is 1.96. The zero-order valence-corrected chi connectivity index (χ0v) is 17.9. The van der Waals surface area contributed by atoms with Gasteiger partial charge in [0.25, 0.3) is 5.56 Å². The SMILES string of the molecule is O=c1[nH]c(C2CC2)nc2c1CN(Cc1cn(-c3ccccc3)nc1-c1cccs1)CC2. The lowest BCUT2D eigenvalue weighted by molar-refractivity contribution is 0.241. The van der Waals surface area contributed by atoms with Crippen LogP contribution in [-0.4, -0.2) is 31.2 Å². The van der Waals surface area contributed by atoms with Gasteiger partial charge in [-0.3, -0.25) is 9.69 Å². The number of hydrogen-bond acceptors (Lipinski definition) is 5. The number of para-hydroxylation sites is 1. The summed E-state index contributed by atoms with van der Waals surface area (Å²) in [6.07, 6.45) is 5.23. The molecule has 1 aliphatic heterocycles. The topological polar surface area (TPSA) is 66.8 Å². The van der Waals surface area contributed by atoms with Crippen molar-refractivity contribution in [3.63, 3.8) is 0 Å². The Balaban J connectivity index is 1.30. The van der Waals surface area contributed by atoms with Crippen LogP contribution in [0.5, 0.6) is 0 Å². The van der Waals surface area contributed by atoms with E-state index in [2.05, 4.69) is 45.7 Å². The molecule has 2 aliphatic rings. The van der Waals surface area contributed by atoms with Crippen molar-refractivity contribution in [2.24, 2.45) is 0 Å². The van der Waals surface area contributed by atoms with E-state index in [4.69, 9.17) is 10.1 Å². The molecule has 7 heteroatoms. The second kappa shape index (κ2) is 7.59. The number of aromatic nitrogens is 4. The van der Waals surface area contributed by atoms with Crippen molar-refractivity contribution in [3.05, 3.63) is 87.0 Å². The summed E-state index contributed by atoms with van der Waals surface area (Å²) in [7, 11) is 0. The normalized spacial score (nSPS) is 16.4. The van der Waals surface area contributed by atoms with Gasteiger partial charge in [0.2, 0.25) is 0 Å². The Morgan fingerprint density at radius 1 is 1.13 bits per heavy atom. The third kappa shape index (κ3) is 3.64. The summed E-state index contributed by atoms with van der Waals surface area (Å²) in [5.74, 6) is 1.36. The molecule has 0 radical (unpaired) electrons. The van der Waals surface area contributed by atoms with Crippen LogP contribution >= 0.6 is 11.3 Å². The Kier molecular flexibility index (Phi) is 4.58. The average Bonchev–Trinajstić information content (AvgIpc) is 3.34. The highest BCUT2D eigenvalue weighted by Crippen LogP contribution is 2.38. The van der Waals surface area contributed by atoms with E-state index in [9.17, 15) is 4.79 Å². The van der Waals surface area contributed by atoms with Crippen molar-refractivity contribution in [3.8, 4) is 16.3 Å². The predicted molar refractivity (Wildman–Crippen MR) is 122 cm³/mol. The van der Waals surface area contributed by atoms with E-state index in [1.54, 1.807) is 11.3 Å². The summed E-state index contributed by atoms with van der Waals surface area (Å²) in [5, 5.41) is 6.99. The quantitative estimate of drug-likeness (QED) is 0.518. The van der Waals surface area contributed by atoms with Crippen LogP contribution in [0, 0.1) is 0 Å². The van der Waals surface area contributed by atoms with Crippen molar-refractivity contribution in [2.45, 2.75) is 38.3 Å². The van der Waals surface area contributed by atoms with Gasteiger partial charge in [0.1, 0.15) is 11.5 Å². The van der Waals surface area contributed by atoms with Gasteiger partial charge in [-0.15, -0.1) is 11.3 Å². The molecule has 3 aromatic heterocycles. The molecule has 31 heavy (non-hydrogen) atoms. The number of thiophene rings is 1. The van der Waals surface area contributed by atoms with Crippen molar-refractivity contribution in [2.75, 3.05) is 6.54 Å². The lowest BCUT2D eigenvalue weighted by atomic mass is 10.1. The van der Waals surface area contributed by atoms with Crippen LogP contribution in [0.2, 0.25) is 0 Å². The van der Waals surface area contributed by atoms with Gasteiger partial charge in [0.15, 0.2) is 0 Å². The van der Waals surface area contributed by atoms with Gasteiger partial charge in [0, 0.05) is 43.7 Å². The standard InChI is InChI=1S/C24H23N5OS/c30-24-19-15-28(11-10-20(19)25-23(26-24)16-8-9-16)13-17-14-29(18-5-2-1-3-6-18)27-22(17)21-7-4-12-31-21/h1-7,12,14,16H,8-11,13,15H2,(H,25,26,30). The molecule has 1 aromatic carbocycles. The molecule has 1 aliphatic carbocycles. The summed E-state index contributed by atoms with van der Waals surface area (Å²) in [6.45, 7) is 2.28. The maximum atomic E-state index is 12.7. The third-order valence-electron chi connectivity index (χ3n) is 6.09. The first-order chi connectivity index (χ1) is 15.2. The zero-order chi connectivity index (χ0) is 20.8. The highest BCUT2D eigenvalue weighted by molar-refractivity contribution is 7.13. The molecule has 6 rings (SSSR count). The van der Waals surface area contributed by atoms with Crippen LogP contribution in [0.4, 0.5) is 0 Å². The predicted octanol–water partition coefficient (Wildman–Crippen LogP) is 4.12. The minimum absolute atomic E-state index is 0.0371. The van der Waals surface area contributed by atoms with E-state index in [-0.39, 0.29) is 5.56 Å². The average molecular weight is 430 g/mol. The fourth-order valence-electron chi connectivity index (χ4n) is 4.29. The van der Waals surface area contributed by atoms with E-state index in [1.807, 2.05) is 22.9 Å². The van der Waals surface area contributed by atoms with Crippen LogP contribution < -0.4 is 5.56 Å². The van der Waals surface area contributed by atoms with E-state index in [0.717, 1.165) is 65.7 Å². The molecular formula is C24H23N5OS. The number of nitrogens with one attached hydrogen (secondary N) is 1. The Morgan fingerprint density at radius 3 is 2.77 bits per heavy atom. The van der Waals surface area contributed by atoms with Gasteiger partial charge in [0.05, 0.1) is 21.8 Å². The monoisotopic (exact) mass is 429 g/mol. The Labute approximate surface area is 184 Å². The first-order valence-electron chi connectivity index (χ1n) is 10.8. The molecule has 6 nitrogen and oxygen atoms in total. The molecular weight excluding hydrogens is 406 g/mol. The second-order valence-corrected chi connectivity index (χ2v) is 9.32. The largest absolute Gasteiger partial charge is 0.310 e. The van der Waals surface area contributed by atoms with Crippen LogP contribution in [0.3, 0.4) is 0 Å². The van der Waals surface area contributed by atoms with E-state index >= 15 is 0 Å². The van der Waals surface area contributed by atoms with Gasteiger partial charge in [-0.05, 0) is 36.4 Å². The molecule has 0 amide bonds. The molecule has 4 heterocycles. The smallest absolute Gasteiger partial charge is 0.255 e. The van der Waals surface area contributed by atoms with Crippen molar-refractivity contribution in [1.29, 1.82) is 0 Å². The molecule has 0 spiro atoms. The summed E-state index contributed by atoms with van der Waals surface area (Å²) in [5.41, 5.74) is 5.08. The van der Waals surface area contributed by atoms with E-state index < -0.39 is 0 Å². The van der Waals surface area contributed by atoms with Crippen molar-refractivity contribution >= 4 is 11.3 Å². The highest BCUT2D eigenvalue weighted by Gasteiger charge is 2.29. The van der Waals surface area contributed by atoms with Crippen molar-refractivity contribution < 1.29 is 0 Å². The van der Waals surface area contributed by atoms with Gasteiger partial charge < -0.3 is 4.98 Å². The Hall–Kier alpha value is -3.03. The summed E-state index contributed by atoms with van der Waals surface area (Å²) in [6, 6.07) is 14.4. The Bertz CT molecular complexity index is 1270. The number of nitrogens with zero attached hydrogens (tertiary/aromatic N) is 4. The van der Waals surface area contributed by atoms with Crippen molar-refractivity contribution in [1.82, 2.24) is 24.6 Å².